The van der Waals surface area contributed by atoms with Crippen molar-refractivity contribution < 1.29 is 19.0 Å². The molecular formula is C22H26N4O4S. The van der Waals surface area contributed by atoms with Gasteiger partial charge in [0, 0.05) is 6.54 Å². The average Bonchev–Trinajstić information content (AvgIpc) is 3.18. The Kier molecular flexibility index (Phi) is 7.77. The van der Waals surface area contributed by atoms with Gasteiger partial charge in [0.15, 0.2) is 11.0 Å². The number of anilines is 1. The van der Waals surface area contributed by atoms with Crippen LogP contribution in [0.3, 0.4) is 0 Å². The second-order valence-corrected chi connectivity index (χ2v) is 7.59. The Balaban J connectivity index is 1.58. The van der Waals surface area contributed by atoms with Gasteiger partial charge in [-0.15, -0.1) is 10.2 Å². The van der Waals surface area contributed by atoms with E-state index in [0.29, 0.717) is 34.7 Å². The van der Waals surface area contributed by atoms with E-state index in [1.54, 1.807) is 14.2 Å². The summed E-state index contributed by atoms with van der Waals surface area (Å²) in [5.41, 5.74) is 1.69. The molecule has 1 heterocycles. The summed E-state index contributed by atoms with van der Waals surface area (Å²) in [4.78, 5) is 12.5. The Morgan fingerprint density at radius 3 is 2.48 bits per heavy atom. The van der Waals surface area contributed by atoms with Gasteiger partial charge in [-0.05, 0) is 55.8 Å². The highest BCUT2D eigenvalue weighted by molar-refractivity contribution is 7.99. The largest absolute Gasteiger partial charge is 0.497 e. The van der Waals surface area contributed by atoms with Gasteiger partial charge in [0.2, 0.25) is 5.91 Å². The Bertz CT molecular complexity index is 1020. The molecule has 1 amide bonds. The van der Waals surface area contributed by atoms with Crippen LogP contribution in [0, 0.1) is 6.92 Å². The maximum atomic E-state index is 12.5. The van der Waals surface area contributed by atoms with Crippen LogP contribution in [0.15, 0.2) is 47.6 Å². The highest BCUT2D eigenvalue weighted by atomic mass is 32.2. The Morgan fingerprint density at radius 2 is 1.81 bits per heavy atom. The number of benzene rings is 2. The van der Waals surface area contributed by atoms with Crippen LogP contribution in [-0.4, -0.2) is 40.6 Å². The molecule has 3 aromatic rings. The van der Waals surface area contributed by atoms with Crippen LogP contribution in [0.1, 0.15) is 18.3 Å². The van der Waals surface area contributed by atoms with Crippen molar-refractivity contribution in [1.29, 1.82) is 0 Å². The van der Waals surface area contributed by atoms with Crippen molar-refractivity contribution in [2.24, 2.45) is 0 Å². The summed E-state index contributed by atoms with van der Waals surface area (Å²) in [5.74, 6) is 2.86. The number of ether oxygens (including phenoxy) is 3. The molecule has 8 nitrogen and oxygen atoms in total. The van der Waals surface area contributed by atoms with Crippen LogP contribution in [-0.2, 0) is 17.9 Å². The van der Waals surface area contributed by atoms with E-state index in [-0.39, 0.29) is 18.3 Å². The van der Waals surface area contributed by atoms with Crippen LogP contribution in [0.4, 0.5) is 5.69 Å². The lowest BCUT2D eigenvalue weighted by atomic mass is 10.2. The third-order valence-electron chi connectivity index (χ3n) is 4.50. The van der Waals surface area contributed by atoms with Crippen molar-refractivity contribution in [1.82, 2.24) is 14.8 Å². The molecule has 1 N–H and O–H groups in total. The van der Waals surface area contributed by atoms with Gasteiger partial charge in [-0.2, -0.15) is 0 Å². The van der Waals surface area contributed by atoms with Crippen molar-refractivity contribution >= 4 is 23.4 Å². The number of carbonyl (C=O) groups excluding carboxylic acids is 1. The molecule has 0 aliphatic heterocycles. The predicted octanol–water partition coefficient (Wildman–Crippen LogP) is 3.93. The molecule has 0 atom stereocenters. The second kappa shape index (κ2) is 10.7. The van der Waals surface area contributed by atoms with E-state index in [1.807, 2.05) is 60.9 Å². The average molecular weight is 443 g/mol. The van der Waals surface area contributed by atoms with Crippen molar-refractivity contribution in [2.75, 3.05) is 25.3 Å². The van der Waals surface area contributed by atoms with E-state index in [4.69, 9.17) is 14.2 Å². The Hall–Kier alpha value is -3.20. The molecule has 3 rings (SSSR count). The topological polar surface area (TPSA) is 87.5 Å². The van der Waals surface area contributed by atoms with Gasteiger partial charge in [0.25, 0.3) is 0 Å². The van der Waals surface area contributed by atoms with Crippen LogP contribution in [0.25, 0.3) is 0 Å². The molecule has 0 saturated heterocycles. The monoisotopic (exact) mass is 442 g/mol. The van der Waals surface area contributed by atoms with Gasteiger partial charge >= 0.3 is 0 Å². The lowest BCUT2D eigenvalue weighted by molar-refractivity contribution is -0.113. The van der Waals surface area contributed by atoms with Crippen LogP contribution >= 0.6 is 11.8 Å². The normalized spacial score (nSPS) is 10.6. The highest BCUT2D eigenvalue weighted by Gasteiger charge is 2.15. The molecule has 31 heavy (non-hydrogen) atoms. The fourth-order valence-electron chi connectivity index (χ4n) is 2.91. The number of amides is 1. The zero-order valence-electron chi connectivity index (χ0n) is 18.0. The number of hydrogen-bond acceptors (Lipinski definition) is 7. The number of hydrogen-bond donors (Lipinski definition) is 1. The van der Waals surface area contributed by atoms with Gasteiger partial charge in [0.1, 0.15) is 23.9 Å². The zero-order valence-corrected chi connectivity index (χ0v) is 18.9. The summed E-state index contributed by atoms with van der Waals surface area (Å²) in [7, 11) is 3.20. The van der Waals surface area contributed by atoms with E-state index in [1.165, 1.54) is 11.8 Å². The summed E-state index contributed by atoms with van der Waals surface area (Å²) in [5, 5.41) is 12.0. The molecule has 0 aliphatic carbocycles. The summed E-state index contributed by atoms with van der Waals surface area (Å²) >= 11 is 1.33. The second-order valence-electron chi connectivity index (χ2n) is 6.65. The van der Waals surface area contributed by atoms with Crippen LogP contribution in [0.5, 0.6) is 17.2 Å². The number of methoxy groups -OCH3 is 2. The van der Waals surface area contributed by atoms with Crippen molar-refractivity contribution in [3.8, 4) is 17.2 Å². The molecule has 164 valence electrons. The van der Waals surface area contributed by atoms with E-state index in [2.05, 4.69) is 15.5 Å². The summed E-state index contributed by atoms with van der Waals surface area (Å²) in [6.45, 7) is 4.91. The third kappa shape index (κ3) is 5.91. The number of rotatable bonds is 10. The summed E-state index contributed by atoms with van der Waals surface area (Å²) in [6.07, 6.45) is 0. The SMILES string of the molecule is CCn1c(COc2ccc(OC)cc2)nnc1SCC(=O)Nc1cc(C)ccc1OC. The molecule has 0 aliphatic rings. The lowest BCUT2D eigenvalue weighted by Crippen LogP contribution is -2.15. The molecule has 0 spiro atoms. The minimum atomic E-state index is -0.143. The minimum Gasteiger partial charge on any atom is -0.497 e. The third-order valence-corrected chi connectivity index (χ3v) is 5.47. The van der Waals surface area contributed by atoms with Gasteiger partial charge in [-0.25, -0.2) is 0 Å². The number of nitrogens with one attached hydrogen (secondary N) is 1. The molecule has 9 heteroatoms. The number of thioether (sulfide) groups is 1. The molecule has 0 fully saturated rings. The van der Waals surface area contributed by atoms with Gasteiger partial charge in [0.05, 0.1) is 25.7 Å². The quantitative estimate of drug-likeness (QED) is 0.476. The fraction of sp³-hybridized carbons (Fsp3) is 0.318. The van der Waals surface area contributed by atoms with E-state index in [0.717, 1.165) is 11.3 Å². The standard InChI is InChI=1S/C22H26N4O4S/c1-5-26-20(13-30-17-9-7-16(28-3)8-10-17)24-25-22(26)31-14-21(27)23-18-12-15(2)6-11-19(18)29-4/h6-12H,5,13-14H2,1-4H3,(H,23,27). The minimum absolute atomic E-state index is 0.143. The van der Waals surface area contributed by atoms with Gasteiger partial charge in [-0.3, -0.25) is 4.79 Å². The van der Waals surface area contributed by atoms with Crippen LogP contribution in [0.2, 0.25) is 0 Å². The lowest BCUT2D eigenvalue weighted by Gasteiger charge is -2.11. The number of nitrogens with zero attached hydrogens (tertiary/aromatic N) is 3. The molecule has 0 unspecified atom stereocenters. The fourth-order valence-corrected chi connectivity index (χ4v) is 3.73. The first-order chi connectivity index (χ1) is 15.0. The first-order valence-electron chi connectivity index (χ1n) is 9.80. The molecule has 1 aromatic heterocycles. The molecule has 0 saturated carbocycles. The smallest absolute Gasteiger partial charge is 0.234 e. The summed E-state index contributed by atoms with van der Waals surface area (Å²) in [6, 6.07) is 13.0. The zero-order chi connectivity index (χ0) is 22.2. The first kappa shape index (κ1) is 22.5. The van der Waals surface area contributed by atoms with Crippen molar-refractivity contribution in [3.63, 3.8) is 0 Å². The molecule has 0 radical (unpaired) electrons. The van der Waals surface area contributed by atoms with E-state index >= 15 is 0 Å². The number of aromatic nitrogens is 3. The van der Waals surface area contributed by atoms with Crippen molar-refractivity contribution in [3.05, 3.63) is 53.9 Å². The van der Waals surface area contributed by atoms with E-state index < -0.39 is 0 Å². The molecule has 2 aromatic carbocycles. The Labute approximate surface area is 185 Å². The van der Waals surface area contributed by atoms with Crippen LogP contribution < -0.4 is 19.5 Å². The molecular weight excluding hydrogens is 416 g/mol. The van der Waals surface area contributed by atoms with E-state index in [9.17, 15) is 4.79 Å². The molecule has 0 bridgehead atoms. The predicted molar refractivity (Wildman–Crippen MR) is 120 cm³/mol. The maximum absolute atomic E-state index is 12.5. The summed E-state index contributed by atoms with van der Waals surface area (Å²) < 4.78 is 18.2. The Morgan fingerprint density at radius 1 is 1.06 bits per heavy atom. The maximum Gasteiger partial charge on any atom is 0.234 e. The first-order valence-corrected chi connectivity index (χ1v) is 10.8. The number of carbonyl (C=O) groups is 1. The van der Waals surface area contributed by atoms with Gasteiger partial charge in [-0.1, -0.05) is 17.8 Å². The number of aryl methyl sites for hydroxylation is 1. The van der Waals surface area contributed by atoms with Gasteiger partial charge < -0.3 is 24.1 Å². The van der Waals surface area contributed by atoms with Crippen molar-refractivity contribution in [2.45, 2.75) is 32.2 Å². The highest BCUT2D eigenvalue weighted by Crippen LogP contribution is 2.26.